The average molecular weight is 322 g/mol. The Hall–Kier alpha value is -0.316. The first-order chi connectivity index (χ1) is 7.69. The molecule has 0 aromatic carbocycles. The molecular weight excluding hydrogens is 309 g/mol. The van der Waals surface area contributed by atoms with Gasteiger partial charge < -0.3 is 4.57 Å². The summed E-state index contributed by atoms with van der Waals surface area (Å²) < 4.78 is 1.63. The van der Waals surface area contributed by atoms with Crippen LogP contribution in [-0.4, -0.2) is 9.55 Å². The number of aromatic nitrogens is 2. The molecule has 0 saturated heterocycles. The third-order valence-corrected chi connectivity index (χ3v) is 3.19. The molecule has 2 aromatic heterocycles. The minimum atomic E-state index is 0. The predicted molar refractivity (Wildman–Crippen MR) is 64.9 cm³/mol. The van der Waals surface area contributed by atoms with Gasteiger partial charge in [-0.2, -0.15) is 0 Å². The Morgan fingerprint density at radius 3 is 2.82 bits per heavy atom. The van der Waals surface area contributed by atoms with Gasteiger partial charge in [-0.05, 0) is 6.92 Å². The van der Waals surface area contributed by atoms with Gasteiger partial charge in [0, 0.05) is 38.1 Å². The van der Waals surface area contributed by atoms with Gasteiger partial charge in [-0.25, -0.2) is 16.6 Å². The van der Waals surface area contributed by atoms with Crippen LogP contribution in [0, 0.1) is 13.0 Å². The van der Waals surface area contributed by atoms with Gasteiger partial charge in [0.15, 0.2) is 5.56 Å². The Labute approximate surface area is 130 Å². The summed E-state index contributed by atoms with van der Waals surface area (Å²) >= 11 is 1.60. The number of rotatable bonds is 3. The first kappa shape index (κ1) is 14.7. The normalized spacial score (nSPS) is 10.0. The first-order valence-electron chi connectivity index (χ1n) is 5.21. The van der Waals surface area contributed by atoms with E-state index in [-0.39, 0.29) is 38.3 Å². The Morgan fingerprint density at radius 1 is 1.53 bits per heavy atom. The van der Waals surface area contributed by atoms with Crippen molar-refractivity contribution in [3.05, 3.63) is 50.3 Å². The molecule has 0 atom stereocenters. The molecule has 5 heteroatoms. The summed E-state index contributed by atoms with van der Waals surface area (Å²) in [6.07, 6.45) is 2.56. The summed E-state index contributed by atoms with van der Waals surface area (Å²) in [5, 5.41) is 3.01. The first-order valence-corrected chi connectivity index (χ1v) is 6.09. The third-order valence-electron chi connectivity index (χ3n) is 2.37. The van der Waals surface area contributed by atoms with Crippen molar-refractivity contribution in [2.45, 2.75) is 26.8 Å². The number of hydrogen-bond donors (Lipinski definition) is 0. The smallest absolute Gasteiger partial charge is 0.168 e. The van der Waals surface area contributed by atoms with Crippen molar-refractivity contribution in [3.8, 4) is 0 Å². The summed E-state index contributed by atoms with van der Waals surface area (Å²) in [7, 11) is 0. The van der Waals surface area contributed by atoms with Crippen molar-refractivity contribution in [2.75, 3.05) is 0 Å². The monoisotopic (exact) mass is 322 g/mol. The molecule has 0 fully saturated rings. The van der Waals surface area contributed by atoms with Gasteiger partial charge >= 0.3 is 0 Å². The van der Waals surface area contributed by atoms with E-state index in [1.807, 2.05) is 19.2 Å². The minimum absolute atomic E-state index is 0. The Morgan fingerprint density at radius 2 is 2.29 bits per heavy atom. The Bertz CT molecular complexity index is 547. The summed E-state index contributed by atoms with van der Waals surface area (Å²) in [5.74, 6) is 0. The van der Waals surface area contributed by atoms with Crippen LogP contribution in [0.25, 0.3) is 0 Å². The topological polar surface area (TPSA) is 34.9 Å². The maximum absolute atomic E-state index is 11.7. The van der Waals surface area contributed by atoms with Crippen molar-refractivity contribution in [3.63, 3.8) is 0 Å². The number of aryl methyl sites for hydroxylation is 2. The van der Waals surface area contributed by atoms with Crippen molar-refractivity contribution < 1.29 is 32.7 Å². The molecule has 0 amide bonds. The zero-order chi connectivity index (χ0) is 11.5. The van der Waals surface area contributed by atoms with Crippen LogP contribution in [0.1, 0.15) is 23.2 Å². The van der Waals surface area contributed by atoms with Crippen LogP contribution in [0.15, 0.2) is 22.4 Å². The van der Waals surface area contributed by atoms with E-state index in [2.05, 4.69) is 11.1 Å². The summed E-state index contributed by atoms with van der Waals surface area (Å²) in [6, 6.07) is 4.73. The van der Waals surface area contributed by atoms with Crippen LogP contribution >= 0.6 is 11.3 Å². The van der Waals surface area contributed by atoms with Crippen LogP contribution in [0.4, 0.5) is 0 Å². The molecule has 0 unspecified atom stereocenters. The van der Waals surface area contributed by atoms with Crippen molar-refractivity contribution in [2.24, 2.45) is 0 Å². The van der Waals surface area contributed by atoms with Gasteiger partial charge in [-0.3, -0.25) is 4.79 Å². The second kappa shape index (κ2) is 6.57. The van der Waals surface area contributed by atoms with Crippen LogP contribution < -0.4 is 5.56 Å². The second-order valence-corrected chi connectivity index (χ2v) is 4.68. The zero-order valence-electron chi connectivity index (χ0n) is 9.93. The molecule has 2 aromatic rings. The molecule has 2 heterocycles. The van der Waals surface area contributed by atoms with Crippen molar-refractivity contribution in [1.29, 1.82) is 0 Å². The number of hydrogen-bond acceptors (Lipinski definition) is 3. The van der Waals surface area contributed by atoms with Crippen LogP contribution in [0.3, 0.4) is 0 Å². The maximum Gasteiger partial charge on any atom is 0.168 e. The zero-order valence-corrected chi connectivity index (χ0v) is 13.6. The van der Waals surface area contributed by atoms with E-state index in [1.165, 1.54) is 0 Å². The van der Waals surface area contributed by atoms with Gasteiger partial charge in [-0.15, -0.1) is 17.4 Å². The molecule has 3 nitrogen and oxygen atoms in total. The van der Waals surface area contributed by atoms with Crippen LogP contribution in [0.5, 0.6) is 0 Å². The predicted octanol–water partition coefficient (Wildman–Crippen LogP) is 2.02. The van der Waals surface area contributed by atoms with E-state index in [9.17, 15) is 4.79 Å². The van der Waals surface area contributed by atoms with Gasteiger partial charge in [0.2, 0.25) is 0 Å². The van der Waals surface area contributed by atoms with Gasteiger partial charge in [0.1, 0.15) is 0 Å². The third kappa shape index (κ3) is 3.83. The summed E-state index contributed by atoms with van der Waals surface area (Å²) in [6.45, 7) is 4.51. The number of nitrogens with zero attached hydrogens (tertiary/aromatic N) is 2. The maximum atomic E-state index is 11.7. The second-order valence-electron chi connectivity index (χ2n) is 3.62. The molecule has 2 rings (SSSR count). The fraction of sp³-hybridized carbons (Fsp3) is 0.333. The molecule has 0 aliphatic rings. The molecule has 0 saturated carbocycles. The van der Waals surface area contributed by atoms with Crippen LogP contribution in [-0.2, 0) is 45.7 Å². The van der Waals surface area contributed by atoms with E-state index in [0.29, 0.717) is 6.54 Å². The van der Waals surface area contributed by atoms with Gasteiger partial charge in [0.25, 0.3) is 0 Å². The van der Waals surface area contributed by atoms with Gasteiger partial charge in [0.05, 0.1) is 17.2 Å². The summed E-state index contributed by atoms with van der Waals surface area (Å²) in [5.41, 5.74) is 1.90. The Balaban J connectivity index is 0.00000144. The molecular formula is C12H13N2OSY-. The fourth-order valence-electron chi connectivity index (χ4n) is 1.48. The Kier molecular flexibility index (Phi) is 5.70. The average Bonchev–Trinajstić information content (AvgIpc) is 2.67. The van der Waals surface area contributed by atoms with E-state index in [0.717, 1.165) is 22.7 Å². The summed E-state index contributed by atoms with van der Waals surface area (Å²) in [4.78, 5) is 16.1. The van der Waals surface area contributed by atoms with Gasteiger partial charge in [-0.1, -0.05) is 19.5 Å². The molecule has 0 aliphatic heterocycles. The largest absolute Gasteiger partial charge is 0.343 e. The standard InChI is InChI=1S/C12H13N2OS.Y/c1-3-10-4-5-14(12(15)6-10)7-11-8-16-9(2)13-11;/h5-6,8H,3,7H2,1-2H3;/q-1;. The molecule has 1 radical (unpaired) electrons. The molecule has 0 spiro atoms. The molecule has 17 heavy (non-hydrogen) atoms. The van der Waals surface area contributed by atoms with E-state index < -0.39 is 0 Å². The quantitative estimate of drug-likeness (QED) is 0.811. The van der Waals surface area contributed by atoms with E-state index in [4.69, 9.17) is 0 Å². The van der Waals surface area contributed by atoms with Crippen LogP contribution in [0.2, 0.25) is 0 Å². The molecule has 0 aliphatic carbocycles. The van der Waals surface area contributed by atoms with E-state index >= 15 is 0 Å². The molecule has 87 valence electrons. The number of pyridine rings is 1. The minimum Gasteiger partial charge on any atom is -0.343 e. The molecule has 0 N–H and O–H groups in total. The SMILES string of the molecule is CCc1[c-]cn(Cc2csc(C)n2)c(=O)c1.[Y]. The molecule has 0 bridgehead atoms. The fourth-order valence-corrected chi connectivity index (χ4v) is 2.08. The number of thiazole rings is 1. The van der Waals surface area contributed by atoms with Crippen molar-refractivity contribution in [1.82, 2.24) is 9.55 Å². The van der Waals surface area contributed by atoms with Crippen molar-refractivity contribution >= 4 is 11.3 Å². The van der Waals surface area contributed by atoms with E-state index in [1.54, 1.807) is 28.2 Å².